The summed E-state index contributed by atoms with van der Waals surface area (Å²) in [6.07, 6.45) is 0.577. The van der Waals surface area contributed by atoms with E-state index in [4.69, 9.17) is 16.7 Å². The van der Waals surface area contributed by atoms with Crippen LogP contribution in [0.2, 0.25) is 5.02 Å². The Morgan fingerprint density at radius 2 is 1.95 bits per heavy atom. The number of carboxylic acids is 1. The highest BCUT2D eigenvalue weighted by atomic mass is 35.5. The van der Waals surface area contributed by atoms with Crippen LogP contribution in [0, 0.1) is 0 Å². The zero-order chi connectivity index (χ0) is 15.9. The summed E-state index contributed by atoms with van der Waals surface area (Å²) in [5.74, 6) is -1.16. The summed E-state index contributed by atoms with van der Waals surface area (Å²) < 4.78 is 26.8. The van der Waals surface area contributed by atoms with Crippen LogP contribution in [0.25, 0.3) is 0 Å². The standard InChI is InChI=1S/C15H12ClNO4S/c16-12-4-5-14-10(8-12)6-7-17(14)22(20,21)13-3-1-2-11(9-13)15(18)19/h1-5,8-9H,6-7H2,(H,18,19). The van der Waals surface area contributed by atoms with Gasteiger partial charge in [0, 0.05) is 11.6 Å². The molecule has 0 aliphatic carbocycles. The normalized spacial score (nSPS) is 14.0. The number of hydrogen-bond acceptors (Lipinski definition) is 3. The molecule has 0 spiro atoms. The number of nitrogens with zero attached hydrogens (tertiary/aromatic N) is 1. The van der Waals surface area contributed by atoms with Gasteiger partial charge in [0.05, 0.1) is 16.1 Å². The maximum absolute atomic E-state index is 12.8. The first kappa shape index (κ1) is 14.9. The van der Waals surface area contributed by atoms with Gasteiger partial charge in [-0.3, -0.25) is 4.31 Å². The van der Waals surface area contributed by atoms with E-state index in [9.17, 15) is 13.2 Å². The molecule has 2 aromatic carbocycles. The fraction of sp³-hybridized carbons (Fsp3) is 0.133. The van der Waals surface area contributed by atoms with Gasteiger partial charge in [-0.25, -0.2) is 13.2 Å². The second kappa shape index (κ2) is 5.30. The van der Waals surface area contributed by atoms with Gasteiger partial charge in [0.25, 0.3) is 10.0 Å². The molecular formula is C15H12ClNO4S. The maximum Gasteiger partial charge on any atom is 0.335 e. The van der Waals surface area contributed by atoms with Gasteiger partial charge in [-0.15, -0.1) is 0 Å². The lowest BCUT2D eigenvalue weighted by Crippen LogP contribution is -2.29. The Labute approximate surface area is 132 Å². The number of fused-ring (bicyclic) bond motifs is 1. The summed E-state index contributed by atoms with van der Waals surface area (Å²) in [5.41, 5.74) is 1.40. The first-order valence-corrected chi connectivity index (χ1v) is 8.36. The molecule has 0 atom stereocenters. The zero-order valence-corrected chi connectivity index (χ0v) is 12.9. The van der Waals surface area contributed by atoms with E-state index < -0.39 is 16.0 Å². The van der Waals surface area contributed by atoms with Crippen LogP contribution >= 0.6 is 11.6 Å². The maximum atomic E-state index is 12.8. The number of sulfonamides is 1. The summed E-state index contributed by atoms with van der Waals surface area (Å²) in [4.78, 5) is 11.0. The third kappa shape index (κ3) is 2.44. The molecule has 5 nitrogen and oxygen atoms in total. The Morgan fingerprint density at radius 3 is 2.68 bits per heavy atom. The fourth-order valence-electron chi connectivity index (χ4n) is 2.51. The van der Waals surface area contributed by atoms with E-state index in [2.05, 4.69) is 0 Å². The van der Waals surface area contributed by atoms with Crippen LogP contribution in [0.4, 0.5) is 5.69 Å². The number of benzene rings is 2. The third-order valence-electron chi connectivity index (χ3n) is 3.56. The van der Waals surface area contributed by atoms with Crippen LogP contribution in [0.15, 0.2) is 47.4 Å². The number of rotatable bonds is 3. The van der Waals surface area contributed by atoms with Gasteiger partial charge in [0.15, 0.2) is 0 Å². The largest absolute Gasteiger partial charge is 0.478 e. The highest BCUT2D eigenvalue weighted by Crippen LogP contribution is 2.34. The van der Waals surface area contributed by atoms with Crippen molar-refractivity contribution in [3.63, 3.8) is 0 Å². The Kier molecular flexibility index (Phi) is 3.58. The smallest absolute Gasteiger partial charge is 0.335 e. The molecule has 1 N–H and O–H groups in total. The van der Waals surface area contributed by atoms with Gasteiger partial charge in [0.2, 0.25) is 0 Å². The lowest BCUT2D eigenvalue weighted by Gasteiger charge is -2.19. The van der Waals surface area contributed by atoms with Crippen molar-refractivity contribution in [2.75, 3.05) is 10.8 Å². The Balaban J connectivity index is 2.06. The number of halogens is 1. The molecule has 1 aliphatic heterocycles. The highest BCUT2D eigenvalue weighted by molar-refractivity contribution is 7.92. The van der Waals surface area contributed by atoms with Gasteiger partial charge < -0.3 is 5.11 Å². The van der Waals surface area contributed by atoms with E-state index >= 15 is 0 Å². The van der Waals surface area contributed by atoms with Crippen molar-refractivity contribution in [3.05, 3.63) is 58.6 Å². The van der Waals surface area contributed by atoms with Gasteiger partial charge in [-0.05, 0) is 48.4 Å². The molecule has 1 aliphatic rings. The van der Waals surface area contributed by atoms with Crippen molar-refractivity contribution in [3.8, 4) is 0 Å². The highest BCUT2D eigenvalue weighted by Gasteiger charge is 2.31. The van der Waals surface area contributed by atoms with E-state index in [0.29, 0.717) is 23.7 Å². The van der Waals surface area contributed by atoms with Crippen LogP contribution in [-0.4, -0.2) is 26.0 Å². The van der Waals surface area contributed by atoms with Crippen molar-refractivity contribution >= 4 is 33.3 Å². The minimum absolute atomic E-state index is 0.0322. The Hall–Kier alpha value is -2.05. The molecule has 0 saturated heterocycles. The van der Waals surface area contributed by atoms with Crippen molar-refractivity contribution in [2.24, 2.45) is 0 Å². The Bertz CT molecular complexity index is 864. The minimum Gasteiger partial charge on any atom is -0.478 e. The lowest BCUT2D eigenvalue weighted by molar-refractivity contribution is 0.0696. The molecule has 7 heteroatoms. The van der Waals surface area contributed by atoms with Gasteiger partial charge in [-0.1, -0.05) is 17.7 Å². The van der Waals surface area contributed by atoms with Crippen molar-refractivity contribution in [2.45, 2.75) is 11.3 Å². The molecule has 0 bridgehead atoms. The van der Waals surface area contributed by atoms with Crippen LogP contribution in [0.3, 0.4) is 0 Å². The molecule has 0 unspecified atom stereocenters. The van der Waals surface area contributed by atoms with Crippen LogP contribution in [0.5, 0.6) is 0 Å². The summed E-state index contributed by atoms with van der Waals surface area (Å²) >= 11 is 5.92. The summed E-state index contributed by atoms with van der Waals surface area (Å²) in [6.45, 7) is 0.315. The van der Waals surface area contributed by atoms with E-state index in [1.165, 1.54) is 28.6 Å². The van der Waals surface area contributed by atoms with Gasteiger partial charge in [-0.2, -0.15) is 0 Å². The molecule has 0 fully saturated rings. The number of carboxylic acid groups (broad SMARTS) is 1. The second-order valence-electron chi connectivity index (χ2n) is 4.93. The quantitative estimate of drug-likeness (QED) is 0.934. The van der Waals surface area contributed by atoms with Gasteiger partial charge in [0.1, 0.15) is 0 Å². The van der Waals surface area contributed by atoms with Crippen LogP contribution < -0.4 is 4.31 Å². The predicted octanol–water partition coefficient (Wildman–Crippen LogP) is 2.79. The summed E-state index contributed by atoms with van der Waals surface area (Å²) in [5, 5.41) is 9.57. The minimum atomic E-state index is -3.79. The monoisotopic (exact) mass is 337 g/mol. The molecule has 22 heavy (non-hydrogen) atoms. The van der Waals surface area contributed by atoms with E-state index in [-0.39, 0.29) is 10.5 Å². The lowest BCUT2D eigenvalue weighted by atomic mass is 10.2. The summed E-state index contributed by atoms with van der Waals surface area (Å²) in [6, 6.07) is 10.4. The molecule has 0 amide bonds. The molecule has 0 saturated carbocycles. The molecule has 3 rings (SSSR count). The van der Waals surface area contributed by atoms with Crippen LogP contribution in [-0.2, 0) is 16.4 Å². The number of carbonyl (C=O) groups is 1. The molecule has 114 valence electrons. The first-order chi connectivity index (χ1) is 10.4. The molecule has 0 radical (unpaired) electrons. The number of hydrogen-bond donors (Lipinski definition) is 1. The zero-order valence-electron chi connectivity index (χ0n) is 11.4. The molecule has 0 aromatic heterocycles. The first-order valence-electron chi connectivity index (χ1n) is 6.54. The van der Waals surface area contributed by atoms with Crippen LogP contribution in [0.1, 0.15) is 15.9 Å². The molecule has 2 aromatic rings. The average Bonchev–Trinajstić information content (AvgIpc) is 2.91. The van der Waals surface area contributed by atoms with E-state index in [1.807, 2.05) is 0 Å². The number of aromatic carboxylic acids is 1. The average molecular weight is 338 g/mol. The van der Waals surface area contributed by atoms with E-state index in [0.717, 1.165) is 5.56 Å². The van der Waals surface area contributed by atoms with Crippen molar-refractivity contribution < 1.29 is 18.3 Å². The third-order valence-corrected chi connectivity index (χ3v) is 5.61. The SMILES string of the molecule is O=C(O)c1cccc(S(=O)(=O)N2CCc3cc(Cl)ccc32)c1. The number of anilines is 1. The summed E-state index contributed by atoms with van der Waals surface area (Å²) in [7, 11) is -3.79. The topological polar surface area (TPSA) is 74.7 Å². The molecular weight excluding hydrogens is 326 g/mol. The van der Waals surface area contributed by atoms with Crippen molar-refractivity contribution in [1.29, 1.82) is 0 Å². The second-order valence-corrected chi connectivity index (χ2v) is 7.23. The fourth-order valence-corrected chi connectivity index (χ4v) is 4.25. The van der Waals surface area contributed by atoms with E-state index in [1.54, 1.807) is 18.2 Å². The predicted molar refractivity (Wildman–Crippen MR) is 83.1 cm³/mol. The molecule has 1 heterocycles. The Morgan fingerprint density at radius 1 is 1.18 bits per heavy atom. The van der Waals surface area contributed by atoms with Gasteiger partial charge >= 0.3 is 5.97 Å². The van der Waals surface area contributed by atoms with Crippen molar-refractivity contribution in [1.82, 2.24) is 0 Å².